The van der Waals surface area contributed by atoms with Crippen molar-refractivity contribution in [3.63, 3.8) is 0 Å². The number of fused-ring (bicyclic) bond motifs is 10. The van der Waals surface area contributed by atoms with Crippen LogP contribution in [0.1, 0.15) is 0 Å². The van der Waals surface area contributed by atoms with Gasteiger partial charge in [-0.25, -0.2) is 0 Å². The lowest BCUT2D eigenvalue weighted by atomic mass is 9.85. The third kappa shape index (κ3) is 4.16. The zero-order chi connectivity index (χ0) is 32.8. The maximum atomic E-state index is 2.44. The van der Waals surface area contributed by atoms with Crippen molar-refractivity contribution >= 4 is 95.3 Å². The summed E-state index contributed by atoms with van der Waals surface area (Å²) in [6.45, 7) is 0. The minimum absolute atomic E-state index is 1.23. The molecule has 11 aromatic rings. The van der Waals surface area contributed by atoms with Gasteiger partial charge in [-0.15, -0.1) is 22.7 Å². The van der Waals surface area contributed by atoms with Crippen molar-refractivity contribution in [2.75, 3.05) is 0 Å². The van der Waals surface area contributed by atoms with Gasteiger partial charge in [0.15, 0.2) is 0 Å². The first-order valence-corrected chi connectivity index (χ1v) is 18.7. The second kappa shape index (κ2) is 10.9. The highest BCUT2D eigenvalue weighted by molar-refractivity contribution is 7.28. The van der Waals surface area contributed by atoms with Gasteiger partial charge in [-0.3, -0.25) is 0 Å². The molecule has 232 valence electrons. The van der Waals surface area contributed by atoms with Crippen molar-refractivity contribution in [3.05, 3.63) is 170 Å². The van der Waals surface area contributed by atoms with Gasteiger partial charge in [-0.1, -0.05) is 140 Å². The lowest BCUT2D eigenvalue weighted by molar-refractivity contribution is 1.61. The van der Waals surface area contributed by atoms with E-state index in [0.29, 0.717) is 0 Å². The van der Waals surface area contributed by atoms with Crippen LogP contribution in [0, 0.1) is 0 Å². The first kappa shape index (κ1) is 28.1. The zero-order valence-electron chi connectivity index (χ0n) is 27.0. The van der Waals surface area contributed by atoms with E-state index < -0.39 is 0 Å². The van der Waals surface area contributed by atoms with Gasteiger partial charge < -0.3 is 0 Å². The van der Waals surface area contributed by atoms with Crippen LogP contribution in [0.4, 0.5) is 0 Å². The summed E-state index contributed by atoms with van der Waals surface area (Å²) in [5.41, 5.74) is 7.57. The molecule has 0 fully saturated rings. The monoisotopic (exact) mass is 668 g/mol. The van der Waals surface area contributed by atoms with Crippen LogP contribution in [0.25, 0.3) is 106 Å². The fraction of sp³-hybridized carbons (Fsp3) is 0. The number of thiophene rings is 2. The van der Waals surface area contributed by atoms with Gasteiger partial charge in [0.25, 0.3) is 0 Å². The summed E-state index contributed by atoms with van der Waals surface area (Å²) in [5, 5.41) is 13.2. The molecule has 0 spiro atoms. The maximum Gasteiger partial charge on any atom is 0.0362 e. The van der Waals surface area contributed by atoms with Crippen LogP contribution in [0.5, 0.6) is 0 Å². The molecule has 2 aromatic heterocycles. The Hall–Kier alpha value is -5.80. The van der Waals surface area contributed by atoms with Gasteiger partial charge >= 0.3 is 0 Å². The molecule has 2 heterocycles. The Kier molecular flexibility index (Phi) is 6.09. The standard InChI is InChI=1S/C48H28S2/c1-2-10-29(11-3-1)30-18-20-31(21-19-30)45-35-14-6-8-16-37(35)46(38-17-9-7-15-36(38)45)34-22-23-39-43(28-34)49-41-24-25-42-48(47(39)41)40-26-32-12-4-5-13-33(32)27-44(40)50-42/h1-28H. The predicted octanol–water partition coefficient (Wildman–Crippen LogP) is 14.9. The third-order valence-electron chi connectivity index (χ3n) is 10.4. The van der Waals surface area contributed by atoms with Crippen molar-refractivity contribution < 1.29 is 0 Å². The van der Waals surface area contributed by atoms with Crippen molar-refractivity contribution in [2.45, 2.75) is 0 Å². The number of hydrogen-bond acceptors (Lipinski definition) is 2. The Bertz CT molecular complexity index is 3070. The first-order valence-electron chi connectivity index (χ1n) is 17.1. The van der Waals surface area contributed by atoms with Crippen LogP contribution in [0.15, 0.2) is 170 Å². The smallest absolute Gasteiger partial charge is 0.0362 e. The van der Waals surface area contributed by atoms with Gasteiger partial charge in [0.05, 0.1) is 0 Å². The fourth-order valence-electron chi connectivity index (χ4n) is 8.18. The Morgan fingerprint density at radius 2 is 0.720 bits per heavy atom. The second-order valence-corrected chi connectivity index (χ2v) is 15.4. The molecule has 0 aliphatic rings. The van der Waals surface area contributed by atoms with E-state index in [9.17, 15) is 0 Å². The van der Waals surface area contributed by atoms with Gasteiger partial charge in [0.1, 0.15) is 0 Å². The summed E-state index contributed by atoms with van der Waals surface area (Å²) in [6.07, 6.45) is 0. The Morgan fingerprint density at radius 1 is 0.260 bits per heavy atom. The van der Waals surface area contributed by atoms with E-state index in [1.54, 1.807) is 0 Å². The average Bonchev–Trinajstić information content (AvgIpc) is 3.73. The summed E-state index contributed by atoms with van der Waals surface area (Å²) in [6, 6.07) is 63.0. The van der Waals surface area contributed by atoms with E-state index >= 15 is 0 Å². The highest BCUT2D eigenvalue weighted by Gasteiger charge is 2.19. The van der Waals surface area contributed by atoms with Crippen LogP contribution in [0.2, 0.25) is 0 Å². The Labute approximate surface area is 297 Å². The normalized spacial score (nSPS) is 12.0. The van der Waals surface area contributed by atoms with E-state index in [1.807, 2.05) is 22.7 Å². The molecule has 0 aliphatic heterocycles. The predicted molar refractivity (Wildman–Crippen MR) is 221 cm³/mol. The summed E-state index contributed by atoms with van der Waals surface area (Å²) in [4.78, 5) is 0. The molecule has 0 aliphatic carbocycles. The van der Waals surface area contributed by atoms with E-state index in [4.69, 9.17) is 0 Å². The molecule has 0 nitrogen and oxygen atoms in total. The average molecular weight is 669 g/mol. The van der Waals surface area contributed by atoms with E-state index in [0.717, 1.165) is 0 Å². The second-order valence-electron chi connectivity index (χ2n) is 13.2. The SMILES string of the molecule is c1ccc(-c2ccc(-c3c4ccccc4c(-c4ccc5c(c4)sc4ccc6sc7cc8ccccc8cc7c6c45)c4ccccc34)cc2)cc1. The highest BCUT2D eigenvalue weighted by Crippen LogP contribution is 2.48. The van der Waals surface area contributed by atoms with Crippen LogP contribution in [-0.4, -0.2) is 0 Å². The van der Waals surface area contributed by atoms with E-state index in [-0.39, 0.29) is 0 Å². The van der Waals surface area contributed by atoms with Crippen LogP contribution in [-0.2, 0) is 0 Å². The van der Waals surface area contributed by atoms with Gasteiger partial charge in [-0.05, 0) is 96.0 Å². The largest absolute Gasteiger partial charge is 0.135 e. The lowest BCUT2D eigenvalue weighted by Gasteiger charge is -2.18. The third-order valence-corrected chi connectivity index (χ3v) is 12.7. The summed E-state index contributed by atoms with van der Waals surface area (Å²) < 4.78 is 5.39. The van der Waals surface area contributed by atoms with Crippen LogP contribution in [0.3, 0.4) is 0 Å². The molecular weight excluding hydrogens is 641 g/mol. The maximum absolute atomic E-state index is 2.44. The molecular formula is C48H28S2. The molecule has 0 radical (unpaired) electrons. The summed E-state index contributed by atoms with van der Waals surface area (Å²) in [7, 11) is 0. The van der Waals surface area contributed by atoms with Crippen molar-refractivity contribution in [1.29, 1.82) is 0 Å². The van der Waals surface area contributed by atoms with Gasteiger partial charge in [-0.2, -0.15) is 0 Å². The topological polar surface area (TPSA) is 0 Å². The molecule has 0 saturated heterocycles. The summed E-state index contributed by atoms with van der Waals surface area (Å²) in [5.74, 6) is 0. The number of benzene rings is 9. The molecule has 50 heavy (non-hydrogen) atoms. The van der Waals surface area contributed by atoms with Gasteiger partial charge in [0, 0.05) is 40.3 Å². The summed E-state index contributed by atoms with van der Waals surface area (Å²) >= 11 is 3.83. The van der Waals surface area contributed by atoms with Gasteiger partial charge in [0.2, 0.25) is 0 Å². The molecule has 0 unspecified atom stereocenters. The fourth-order valence-corrected chi connectivity index (χ4v) is 10.5. The minimum atomic E-state index is 1.23. The Morgan fingerprint density at radius 3 is 1.36 bits per heavy atom. The molecule has 2 heteroatoms. The lowest BCUT2D eigenvalue weighted by Crippen LogP contribution is -1.90. The van der Waals surface area contributed by atoms with E-state index in [2.05, 4.69) is 170 Å². The van der Waals surface area contributed by atoms with Crippen LogP contribution >= 0.6 is 22.7 Å². The van der Waals surface area contributed by atoms with Crippen molar-refractivity contribution in [1.82, 2.24) is 0 Å². The van der Waals surface area contributed by atoms with Crippen molar-refractivity contribution in [2.24, 2.45) is 0 Å². The molecule has 0 bridgehead atoms. The quantitative estimate of drug-likeness (QED) is 0.164. The number of hydrogen-bond donors (Lipinski definition) is 0. The minimum Gasteiger partial charge on any atom is -0.135 e. The molecule has 0 atom stereocenters. The number of rotatable bonds is 3. The van der Waals surface area contributed by atoms with E-state index in [1.165, 1.54) is 106 Å². The molecule has 0 N–H and O–H groups in total. The molecule has 9 aromatic carbocycles. The molecule has 11 rings (SSSR count). The molecule has 0 amide bonds. The Balaban J connectivity index is 1.13. The highest BCUT2D eigenvalue weighted by atomic mass is 32.1. The molecule has 0 saturated carbocycles. The first-order chi connectivity index (χ1) is 24.8. The van der Waals surface area contributed by atoms with Crippen molar-refractivity contribution in [3.8, 4) is 33.4 Å². The van der Waals surface area contributed by atoms with Crippen LogP contribution < -0.4 is 0 Å². The zero-order valence-corrected chi connectivity index (χ0v) is 28.6.